The number of aliphatic carboxylic acids is 1. The lowest BCUT2D eigenvalue weighted by Gasteiger charge is -2.36. The molecule has 2 aromatic carbocycles. The number of hydrogen-bond acceptors (Lipinski definition) is 5. The molecule has 1 unspecified atom stereocenters. The van der Waals surface area contributed by atoms with Gasteiger partial charge in [0.05, 0.1) is 5.92 Å². The zero-order valence-corrected chi connectivity index (χ0v) is 17.0. The number of rotatable bonds is 6. The summed E-state index contributed by atoms with van der Waals surface area (Å²) in [5.41, 5.74) is -4.48. The minimum Gasteiger partial charge on any atom is -0.481 e. The normalized spacial score (nSPS) is 17.7. The Labute approximate surface area is 172 Å². The molecule has 1 saturated heterocycles. The first kappa shape index (κ1) is 22.4. The summed E-state index contributed by atoms with van der Waals surface area (Å²) in [5, 5.41) is 10.5. The summed E-state index contributed by atoms with van der Waals surface area (Å²) in [5.74, 6) is -1.49. The number of fused-ring (bicyclic) bond motifs is 1. The summed E-state index contributed by atoms with van der Waals surface area (Å²) in [6, 6.07) is 9.52. The lowest BCUT2D eigenvalue weighted by molar-refractivity contribution is -0.143. The van der Waals surface area contributed by atoms with E-state index in [1.54, 1.807) is 6.07 Å². The molecule has 0 radical (unpaired) electrons. The van der Waals surface area contributed by atoms with Gasteiger partial charge in [0.1, 0.15) is 5.75 Å². The Morgan fingerprint density at radius 1 is 1.17 bits per heavy atom. The zero-order valence-electron chi connectivity index (χ0n) is 16.2. The average Bonchev–Trinajstić information content (AvgIpc) is 2.68. The second kappa shape index (κ2) is 8.43. The van der Waals surface area contributed by atoms with Crippen LogP contribution in [0.25, 0.3) is 10.8 Å². The Bertz CT molecular complexity index is 1030. The fraction of sp³-hybridized carbons (Fsp3) is 0.450. The van der Waals surface area contributed by atoms with Crippen LogP contribution in [0.1, 0.15) is 37.8 Å². The molecule has 1 aliphatic heterocycles. The molecule has 2 aromatic rings. The lowest BCUT2D eigenvalue weighted by atomic mass is 9.93. The number of alkyl halides is 3. The van der Waals surface area contributed by atoms with Crippen molar-refractivity contribution < 1.29 is 35.7 Å². The summed E-state index contributed by atoms with van der Waals surface area (Å²) in [6.07, 6.45) is 2.00. The van der Waals surface area contributed by atoms with Crippen molar-refractivity contribution in [2.24, 2.45) is 5.92 Å². The molecule has 164 valence electrons. The minimum atomic E-state index is -5.72. The SMILES string of the molecule is CCC(c1ccc2cc(OS(=O)(=O)C(F)(F)F)ccc2c1)N1CCC(C(=O)O)CC1. The molecule has 6 nitrogen and oxygen atoms in total. The van der Waals surface area contributed by atoms with Crippen molar-refractivity contribution in [3.05, 3.63) is 42.0 Å². The van der Waals surface area contributed by atoms with Gasteiger partial charge in [-0.2, -0.15) is 21.6 Å². The van der Waals surface area contributed by atoms with Gasteiger partial charge in [-0.15, -0.1) is 0 Å². The maximum Gasteiger partial charge on any atom is 0.534 e. The van der Waals surface area contributed by atoms with Gasteiger partial charge < -0.3 is 9.29 Å². The van der Waals surface area contributed by atoms with Crippen molar-refractivity contribution in [2.75, 3.05) is 13.1 Å². The smallest absolute Gasteiger partial charge is 0.481 e. The van der Waals surface area contributed by atoms with Crippen molar-refractivity contribution in [1.29, 1.82) is 0 Å². The van der Waals surface area contributed by atoms with E-state index < -0.39 is 27.3 Å². The van der Waals surface area contributed by atoms with E-state index in [0.29, 0.717) is 31.3 Å². The van der Waals surface area contributed by atoms with Gasteiger partial charge in [0.25, 0.3) is 0 Å². The number of hydrogen-bond donors (Lipinski definition) is 1. The molecule has 3 rings (SSSR count). The summed E-state index contributed by atoms with van der Waals surface area (Å²) >= 11 is 0. The van der Waals surface area contributed by atoms with Crippen LogP contribution in [0, 0.1) is 5.92 Å². The standard InChI is InChI=1S/C20H22F3NO5S/c1-2-18(24-9-7-13(8-10-24)19(25)26)16-4-3-15-12-17(6-5-14(15)11-16)29-30(27,28)20(21,22)23/h3-6,11-13,18H,2,7-10H2,1H3,(H,25,26). The predicted octanol–water partition coefficient (Wildman–Crippen LogP) is 4.32. The van der Waals surface area contributed by atoms with Gasteiger partial charge in [0.15, 0.2) is 0 Å². The van der Waals surface area contributed by atoms with Crippen LogP contribution < -0.4 is 4.18 Å². The first-order valence-electron chi connectivity index (χ1n) is 9.53. The molecule has 0 bridgehead atoms. The fourth-order valence-corrected chi connectivity index (χ4v) is 4.29. The molecule has 0 amide bonds. The number of benzene rings is 2. The molecule has 10 heteroatoms. The molecule has 0 aliphatic carbocycles. The summed E-state index contributed by atoms with van der Waals surface area (Å²) in [4.78, 5) is 13.4. The van der Waals surface area contributed by atoms with Crippen molar-refractivity contribution >= 4 is 26.9 Å². The third-order valence-electron chi connectivity index (χ3n) is 5.42. The van der Waals surface area contributed by atoms with Gasteiger partial charge >= 0.3 is 21.6 Å². The van der Waals surface area contributed by atoms with Crippen LogP contribution >= 0.6 is 0 Å². The molecular formula is C20H22F3NO5S. The molecule has 0 spiro atoms. The minimum absolute atomic E-state index is 0.0886. The first-order chi connectivity index (χ1) is 14.0. The Kier molecular flexibility index (Phi) is 6.28. The van der Waals surface area contributed by atoms with Gasteiger partial charge in [-0.3, -0.25) is 9.69 Å². The van der Waals surface area contributed by atoms with E-state index in [1.807, 2.05) is 19.1 Å². The van der Waals surface area contributed by atoms with Crippen LogP contribution in [0.15, 0.2) is 36.4 Å². The Morgan fingerprint density at radius 2 is 1.77 bits per heavy atom. The zero-order chi connectivity index (χ0) is 22.1. The monoisotopic (exact) mass is 445 g/mol. The number of halogens is 3. The van der Waals surface area contributed by atoms with Gasteiger partial charge in [-0.25, -0.2) is 0 Å². The summed E-state index contributed by atoms with van der Waals surface area (Å²) in [6.45, 7) is 3.39. The highest BCUT2D eigenvalue weighted by Crippen LogP contribution is 2.33. The molecule has 1 N–H and O–H groups in total. The molecule has 1 heterocycles. The number of likely N-dealkylation sites (tertiary alicyclic amines) is 1. The van der Waals surface area contributed by atoms with E-state index in [-0.39, 0.29) is 12.0 Å². The van der Waals surface area contributed by atoms with E-state index in [2.05, 4.69) is 9.08 Å². The van der Waals surface area contributed by atoms with Gasteiger partial charge in [-0.1, -0.05) is 25.1 Å². The maximum absolute atomic E-state index is 12.5. The number of carboxylic acid groups (broad SMARTS) is 1. The number of nitrogens with zero attached hydrogens (tertiary/aromatic N) is 1. The van der Waals surface area contributed by atoms with Crippen molar-refractivity contribution in [1.82, 2.24) is 4.90 Å². The number of carbonyl (C=O) groups is 1. The lowest BCUT2D eigenvalue weighted by Crippen LogP contribution is -2.38. The van der Waals surface area contributed by atoms with Crippen LogP contribution in [0.5, 0.6) is 5.75 Å². The highest BCUT2D eigenvalue weighted by atomic mass is 32.2. The largest absolute Gasteiger partial charge is 0.534 e. The van der Waals surface area contributed by atoms with Crippen LogP contribution in [-0.4, -0.2) is 43.0 Å². The number of carboxylic acids is 1. The van der Waals surface area contributed by atoms with Gasteiger partial charge in [0.2, 0.25) is 0 Å². The summed E-state index contributed by atoms with van der Waals surface area (Å²) < 4.78 is 64.1. The topological polar surface area (TPSA) is 83.9 Å². The van der Waals surface area contributed by atoms with E-state index in [4.69, 9.17) is 5.11 Å². The van der Waals surface area contributed by atoms with Gasteiger partial charge in [0, 0.05) is 6.04 Å². The molecular weight excluding hydrogens is 423 g/mol. The van der Waals surface area contributed by atoms with Crippen LogP contribution in [0.3, 0.4) is 0 Å². The van der Waals surface area contributed by atoms with E-state index in [1.165, 1.54) is 18.2 Å². The number of piperidine rings is 1. The van der Waals surface area contributed by atoms with E-state index in [0.717, 1.165) is 17.4 Å². The van der Waals surface area contributed by atoms with Gasteiger partial charge in [-0.05, 0) is 66.9 Å². The molecule has 1 aliphatic rings. The highest BCUT2D eigenvalue weighted by Gasteiger charge is 2.48. The van der Waals surface area contributed by atoms with E-state index >= 15 is 0 Å². The average molecular weight is 445 g/mol. The molecule has 1 fully saturated rings. The van der Waals surface area contributed by atoms with Crippen molar-refractivity contribution in [2.45, 2.75) is 37.7 Å². The summed E-state index contributed by atoms with van der Waals surface area (Å²) in [7, 11) is -5.72. The first-order valence-corrected chi connectivity index (χ1v) is 10.9. The Balaban J connectivity index is 1.80. The Hall–Kier alpha value is -2.33. The van der Waals surface area contributed by atoms with E-state index in [9.17, 15) is 26.4 Å². The molecule has 30 heavy (non-hydrogen) atoms. The van der Waals surface area contributed by atoms with Crippen LogP contribution in [-0.2, 0) is 14.9 Å². The van der Waals surface area contributed by atoms with Crippen LogP contribution in [0.2, 0.25) is 0 Å². The molecule has 1 atom stereocenters. The molecule has 0 aromatic heterocycles. The Morgan fingerprint density at radius 3 is 2.33 bits per heavy atom. The maximum atomic E-state index is 12.5. The second-order valence-corrected chi connectivity index (χ2v) is 8.86. The predicted molar refractivity (Wildman–Crippen MR) is 105 cm³/mol. The van der Waals surface area contributed by atoms with Crippen LogP contribution in [0.4, 0.5) is 13.2 Å². The third kappa shape index (κ3) is 4.70. The fourth-order valence-electron chi connectivity index (χ4n) is 3.84. The van der Waals surface area contributed by atoms with Crippen molar-refractivity contribution in [3.8, 4) is 5.75 Å². The highest BCUT2D eigenvalue weighted by molar-refractivity contribution is 7.88. The quantitative estimate of drug-likeness (QED) is 0.527. The van der Waals surface area contributed by atoms with Crippen molar-refractivity contribution in [3.63, 3.8) is 0 Å². The molecule has 0 saturated carbocycles. The third-order valence-corrected chi connectivity index (χ3v) is 6.40. The second-order valence-electron chi connectivity index (χ2n) is 7.32.